The maximum absolute atomic E-state index is 12.3. The van der Waals surface area contributed by atoms with Gasteiger partial charge in [0.05, 0.1) is 23.7 Å². The summed E-state index contributed by atoms with van der Waals surface area (Å²) in [5.41, 5.74) is 1.79. The van der Waals surface area contributed by atoms with Crippen molar-refractivity contribution in [3.05, 3.63) is 76.2 Å². The molecule has 140 valence electrons. The molecule has 2 aromatic heterocycles. The first kappa shape index (κ1) is 19.7. The number of anilines is 1. The van der Waals surface area contributed by atoms with Crippen LogP contribution in [0.3, 0.4) is 0 Å². The van der Waals surface area contributed by atoms with E-state index in [1.165, 1.54) is 11.8 Å². The first-order chi connectivity index (χ1) is 13.0. The quantitative estimate of drug-likeness (QED) is 0.579. The zero-order valence-corrected chi connectivity index (χ0v) is 16.9. The number of aromatic nitrogens is 3. The zero-order valence-electron chi connectivity index (χ0n) is 14.6. The van der Waals surface area contributed by atoms with Crippen LogP contribution in [0.25, 0.3) is 0 Å². The fourth-order valence-corrected chi connectivity index (χ4v) is 3.79. The lowest BCUT2D eigenvalue weighted by molar-refractivity contribution is -0.113. The number of hydrogen-bond acceptors (Lipinski definition) is 4. The van der Waals surface area contributed by atoms with Crippen molar-refractivity contribution in [3.63, 3.8) is 0 Å². The molecule has 0 unspecified atom stereocenters. The number of halogens is 2. The molecule has 3 aromatic rings. The number of rotatable bonds is 7. The molecule has 1 amide bonds. The highest BCUT2D eigenvalue weighted by Gasteiger charge is 2.17. The molecule has 0 saturated carbocycles. The van der Waals surface area contributed by atoms with E-state index in [9.17, 15) is 4.79 Å². The minimum atomic E-state index is -0.178. The predicted octanol–water partition coefficient (Wildman–Crippen LogP) is 5.07. The summed E-state index contributed by atoms with van der Waals surface area (Å²) in [6.45, 7) is 1.95. The van der Waals surface area contributed by atoms with Crippen LogP contribution >= 0.6 is 35.0 Å². The molecule has 0 saturated heterocycles. The molecular formula is C19H18Cl2N4OS. The highest BCUT2D eigenvalue weighted by atomic mass is 35.5. The van der Waals surface area contributed by atoms with Gasteiger partial charge in [0.25, 0.3) is 0 Å². The van der Waals surface area contributed by atoms with Crippen LogP contribution in [0.4, 0.5) is 5.82 Å². The SMILES string of the molecule is C[C@H](c1cc(Cl)ccc1Cl)n1nccc1NC(=O)CSCc1ccccn1. The molecule has 2 heterocycles. The Kier molecular flexibility index (Phi) is 6.77. The number of pyridine rings is 1. The Bertz CT molecular complexity index is 917. The van der Waals surface area contributed by atoms with Gasteiger partial charge in [-0.1, -0.05) is 29.3 Å². The molecule has 0 aliphatic carbocycles. The number of amides is 1. The molecule has 0 aliphatic rings. The number of nitrogens with one attached hydrogen (secondary N) is 1. The van der Waals surface area contributed by atoms with Gasteiger partial charge >= 0.3 is 0 Å². The summed E-state index contributed by atoms with van der Waals surface area (Å²) < 4.78 is 1.72. The Labute approximate surface area is 172 Å². The van der Waals surface area contributed by atoms with Crippen LogP contribution in [0.5, 0.6) is 0 Å². The summed E-state index contributed by atoms with van der Waals surface area (Å²) in [7, 11) is 0. The van der Waals surface area contributed by atoms with Crippen molar-refractivity contribution in [2.24, 2.45) is 0 Å². The Morgan fingerprint density at radius 3 is 2.85 bits per heavy atom. The van der Waals surface area contributed by atoms with Crippen LogP contribution in [0.2, 0.25) is 10.0 Å². The second-order valence-electron chi connectivity index (χ2n) is 5.86. The minimum absolute atomic E-state index is 0.0953. The maximum Gasteiger partial charge on any atom is 0.235 e. The van der Waals surface area contributed by atoms with Crippen molar-refractivity contribution in [3.8, 4) is 0 Å². The lowest BCUT2D eigenvalue weighted by Gasteiger charge is -2.18. The van der Waals surface area contributed by atoms with E-state index in [-0.39, 0.29) is 11.9 Å². The Hall–Kier alpha value is -2.02. The molecule has 0 bridgehead atoms. The summed E-state index contributed by atoms with van der Waals surface area (Å²) in [5, 5.41) is 8.44. The summed E-state index contributed by atoms with van der Waals surface area (Å²) in [5.74, 6) is 1.53. The van der Waals surface area contributed by atoms with E-state index in [1.807, 2.05) is 31.2 Å². The zero-order chi connectivity index (χ0) is 19.2. The standard InChI is InChI=1S/C19H18Cl2N4OS/c1-13(16-10-14(20)5-6-17(16)21)25-18(7-9-23-25)24-19(26)12-27-11-15-4-2-3-8-22-15/h2-10,13H,11-12H2,1H3,(H,24,26)/t13-/m1/s1. The highest BCUT2D eigenvalue weighted by Crippen LogP contribution is 2.30. The summed E-state index contributed by atoms with van der Waals surface area (Å²) >= 11 is 13.9. The van der Waals surface area contributed by atoms with E-state index in [4.69, 9.17) is 23.2 Å². The third-order valence-electron chi connectivity index (χ3n) is 3.92. The van der Waals surface area contributed by atoms with E-state index < -0.39 is 0 Å². The first-order valence-corrected chi connectivity index (χ1v) is 10.2. The lowest BCUT2D eigenvalue weighted by Crippen LogP contribution is -2.19. The average molecular weight is 421 g/mol. The number of carbonyl (C=O) groups is 1. The second kappa shape index (κ2) is 9.26. The van der Waals surface area contributed by atoms with Crippen molar-refractivity contribution < 1.29 is 4.79 Å². The van der Waals surface area contributed by atoms with E-state index in [1.54, 1.807) is 35.3 Å². The number of nitrogens with zero attached hydrogens (tertiary/aromatic N) is 3. The van der Waals surface area contributed by atoms with Gasteiger partial charge in [-0.15, -0.1) is 11.8 Å². The topological polar surface area (TPSA) is 59.8 Å². The van der Waals surface area contributed by atoms with Crippen molar-refractivity contribution in [1.82, 2.24) is 14.8 Å². The molecular weight excluding hydrogens is 403 g/mol. The third kappa shape index (κ3) is 5.25. The van der Waals surface area contributed by atoms with Crippen LogP contribution in [-0.2, 0) is 10.5 Å². The Balaban J connectivity index is 1.62. The van der Waals surface area contributed by atoms with Crippen LogP contribution in [-0.4, -0.2) is 26.4 Å². The predicted molar refractivity (Wildman–Crippen MR) is 112 cm³/mol. The van der Waals surface area contributed by atoms with Crippen molar-refractivity contribution in [1.29, 1.82) is 0 Å². The van der Waals surface area contributed by atoms with Gasteiger partial charge < -0.3 is 5.32 Å². The molecule has 1 atom stereocenters. The highest BCUT2D eigenvalue weighted by molar-refractivity contribution is 7.99. The van der Waals surface area contributed by atoms with Gasteiger partial charge in [0, 0.05) is 28.1 Å². The third-order valence-corrected chi connectivity index (χ3v) is 5.47. The Morgan fingerprint density at radius 2 is 2.07 bits per heavy atom. The molecule has 8 heteroatoms. The van der Waals surface area contributed by atoms with Gasteiger partial charge in [-0.3, -0.25) is 9.78 Å². The van der Waals surface area contributed by atoms with Gasteiger partial charge in [0.1, 0.15) is 5.82 Å². The van der Waals surface area contributed by atoms with Gasteiger partial charge in [-0.25, -0.2) is 4.68 Å². The molecule has 0 radical (unpaired) electrons. The fourth-order valence-electron chi connectivity index (χ4n) is 2.60. The molecule has 27 heavy (non-hydrogen) atoms. The molecule has 3 rings (SSSR count). The van der Waals surface area contributed by atoms with Gasteiger partial charge in [-0.2, -0.15) is 5.10 Å². The van der Waals surface area contributed by atoms with E-state index in [0.717, 1.165) is 11.3 Å². The fraction of sp³-hybridized carbons (Fsp3) is 0.211. The van der Waals surface area contributed by atoms with Crippen molar-refractivity contribution in [2.45, 2.75) is 18.7 Å². The van der Waals surface area contributed by atoms with Crippen molar-refractivity contribution >= 4 is 46.7 Å². The maximum atomic E-state index is 12.3. The molecule has 1 aromatic carbocycles. The second-order valence-corrected chi connectivity index (χ2v) is 7.69. The van der Waals surface area contributed by atoms with Gasteiger partial charge in [-0.05, 0) is 42.8 Å². The smallest absolute Gasteiger partial charge is 0.235 e. The van der Waals surface area contributed by atoms with Crippen molar-refractivity contribution in [2.75, 3.05) is 11.1 Å². The number of benzene rings is 1. The van der Waals surface area contributed by atoms with Crippen LogP contribution < -0.4 is 5.32 Å². The van der Waals surface area contributed by atoms with Gasteiger partial charge in [0.2, 0.25) is 5.91 Å². The van der Waals surface area contributed by atoms with Crippen LogP contribution in [0, 0.1) is 0 Å². The molecule has 5 nitrogen and oxygen atoms in total. The first-order valence-electron chi connectivity index (χ1n) is 8.30. The van der Waals surface area contributed by atoms with E-state index >= 15 is 0 Å². The summed E-state index contributed by atoms with van der Waals surface area (Å²) in [4.78, 5) is 16.5. The van der Waals surface area contributed by atoms with E-state index in [2.05, 4.69) is 15.4 Å². The normalized spacial score (nSPS) is 12.0. The molecule has 0 aliphatic heterocycles. The molecule has 1 N–H and O–H groups in total. The Morgan fingerprint density at radius 1 is 1.22 bits per heavy atom. The number of hydrogen-bond donors (Lipinski definition) is 1. The largest absolute Gasteiger partial charge is 0.310 e. The monoisotopic (exact) mass is 420 g/mol. The lowest BCUT2D eigenvalue weighted by atomic mass is 10.1. The average Bonchev–Trinajstić information content (AvgIpc) is 3.12. The summed E-state index contributed by atoms with van der Waals surface area (Å²) in [6, 6.07) is 12.6. The number of carbonyl (C=O) groups excluding carboxylic acids is 1. The molecule has 0 spiro atoms. The number of thioether (sulfide) groups is 1. The van der Waals surface area contributed by atoms with Crippen LogP contribution in [0.1, 0.15) is 24.2 Å². The van der Waals surface area contributed by atoms with E-state index in [0.29, 0.717) is 27.4 Å². The van der Waals surface area contributed by atoms with Gasteiger partial charge in [0.15, 0.2) is 0 Å². The summed E-state index contributed by atoms with van der Waals surface area (Å²) in [6.07, 6.45) is 3.39. The molecule has 0 fully saturated rings. The van der Waals surface area contributed by atoms with Crippen LogP contribution in [0.15, 0.2) is 54.9 Å². The minimum Gasteiger partial charge on any atom is -0.310 e.